The molecule has 1 aliphatic rings. The van der Waals surface area contributed by atoms with Crippen LogP contribution in [0.5, 0.6) is 5.75 Å². The molecule has 2 aromatic carbocycles. The number of likely N-dealkylation sites (tertiary alicyclic amines) is 1. The lowest BCUT2D eigenvalue weighted by molar-refractivity contribution is 0.183. The zero-order chi connectivity index (χ0) is 19.5. The van der Waals surface area contributed by atoms with E-state index in [-0.39, 0.29) is 0 Å². The third-order valence-electron chi connectivity index (χ3n) is 5.64. The molecule has 4 rings (SSSR count). The number of aromatic nitrogens is 1. The van der Waals surface area contributed by atoms with Crippen LogP contribution in [0.2, 0.25) is 5.02 Å². The molecular weight excluding hydrogens is 370 g/mol. The minimum Gasteiger partial charge on any atom is -0.497 e. The van der Waals surface area contributed by atoms with E-state index in [0.29, 0.717) is 5.02 Å². The van der Waals surface area contributed by atoms with Gasteiger partial charge in [-0.05, 0) is 74.7 Å². The smallest absolute Gasteiger partial charge is 0.119 e. The number of ether oxygens (including phenoxy) is 1. The second-order valence-corrected chi connectivity index (χ2v) is 8.30. The third kappa shape index (κ3) is 4.18. The second-order valence-electron chi connectivity index (χ2n) is 7.86. The number of hydrogen-bond acceptors (Lipinski definition) is 4. The molecule has 0 aliphatic carbocycles. The number of methoxy groups -OCH3 is 1. The molecule has 5 heteroatoms. The van der Waals surface area contributed by atoms with Gasteiger partial charge in [-0.2, -0.15) is 0 Å². The zero-order valence-corrected chi connectivity index (χ0v) is 17.4. The molecule has 4 nitrogen and oxygen atoms in total. The van der Waals surface area contributed by atoms with Gasteiger partial charge in [-0.1, -0.05) is 18.5 Å². The van der Waals surface area contributed by atoms with Crippen LogP contribution >= 0.6 is 11.6 Å². The van der Waals surface area contributed by atoms with E-state index >= 15 is 0 Å². The van der Waals surface area contributed by atoms with E-state index in [2.05, 4.69) is 29.3 Å². The number of pyridine rings is 1. The van der Waals surface area contributed by atoms with E-state index in [9.17, 15) is 0 Å². The second kappa shape index (κ2) is 8.54. The quantitative estimate of drug-likeness (QED) is 0.435. The van der Waals surface area contributed by atoms with Gasteiger partial charge in [0.15, 0.2) is 0 Å². The van der Waals surface area contributed by atoms with Crippen molar-refractivity contribution in [3.63, 3.8) is 0 Å². The van der Waals surface area contributed by atoms with E-state index in [0.717, 1.165) is 58.7 Å². The maximum atomic E-state index is 6.21. The first-order chi connectivity index (χ1) is 13.6. The number of fused-ring (bicyclic) bond motifs is 2. The monoisotopic (exact) mass is 397 g/mol. The molecule has 0 saturated carbocycles. The zero-order valence-electron chi connectivity index (χ0n) is 16.7. The minimum absolute atomic E-state index is 0.707. The first-order valence-electron chi connectivity index (χ1n) is 10.2. The normalized spacial score (nSPS) is 17.9. The number of nitrogens with one attached hydrogen (secondary N) is 1. The molecule has 1 aromatic heterocycles. The van der Waals surface area contributed by atoms with Crippen LogP contribution in [0.1, 0.15) is 26.2 Å². The van der Waals surface area contributed by atoms with Gasteiger partial charge >= 0.3 is 0 Å². The summed E-state index contributed by atoms with van der Waals surface area (Å²) in [5.41, 5.74) is 2.98. The predicted molar refractivity (Wildman–Crippen MR) is 119 cm³/mol. The van der Waals surface area contributed by atoms with Crippen molar-refractivity contribution in [2.24, 2.45) is 5.92 Å². The fourth-order valence-electron chi connectivity index (χ4n) is 4.22. The van der Waals surface area contributed by atoms with Crippen LogP contribution in [0.25, 0.3) is 21.8 Å². The first kappa shape index (κ1) is 19.3. The molecular formula is C23H28ClN3O. The van der Waals surface area contributed by atoms with Gasteiger partial charge in [-0.25, -0.2) is 4.98 Å². The molecule has 1 unspecified atom stereocenters. The number of rotatable bonds is 6. The van der Waals surface area contributed by atoms with E-state index in [4.69, 9.17) is 21.3 Å². The van der Waals surface area contributed by atoms with Crippen LogP contribution < -0.4 is 10.1 Å². The van der Waals surface area contributed by atoms with Crippen LogP contribution in [0.4, 0.5) is 5.69 Å². The van der Waals surface area contributed by atoms with Gasteiger partial charge in [0.25, 0.3) is 0 Å². The van der Waals surface area contributed by atoms with E-state index in [1.807, 2.05) is 24.3 Å². The van der Waals surface area contributed by atoms with Crippen molar-refractivity contribution in [3.8, 4) is 5.75 Å². The van der Waals surface area contributed by atoms with Gasteiger partial charge in [0.05, 0.1) is 23.8 Å². The van der Waals surface area contributed by atoms with Gasteiger partial charge in [0, 0.05) is 28.9 Å². The third-order valence-corrected chi connectivity index (χ3v) is 5.87. The number of nitrogens with zero attached hydrogens (tertiary/aromatic N) is 2. The highest BCUT2D eigenvalue weighted by Gasteiger charge is 2.16. The van der Waals surface area contributed by atoms with Gasteiger partial charge < -0.3 is 15.0 Å². The summed E-state index contributed by atoms with van der Waals surface area (Å²) in [4.78, 5) is 7.39. The Kier molecular flexibility index (Phi) is 5.88. The van der Waals surface area contributed by atoms with Crippen LogP contribution in [0, 0.1) is 5.92 Å². The summed E-state index contributed by atoms with van der Waals surface area (Å²) in [5, 5.41) is 6.57. The summed E-state index contributed by atoms with van der Waals surface area (Å²) >= 11 is 6.21. The van der Waals surface area contributed by atoms with Crippen LogP contribution in [-0.2, 0) is 0 Å². The van der Waals surface area contributed by atoms with Crippen LogP contribution in [0.3, 0.4) is 0 Å². The van der Waals surface area contributed by atoms with Crippen LogP contribution in [-0.4, -0.2) is 43.2 Å². The highest BCUT2D eigenvalue weighted by atomic mass is 35.5. The van der Waals surface area contributed by atoms with Gasteiger partial charge in [-0.15, -0.1) is 0 Å². The van der Waals surface area contributed by atoms with Crippen LogP contribution in [0.15, 0.2) is 36.4 Å². The molecule has 0 amide bonds. The summed E-state index contributed by atoms with van der Waals surface area (Å²) in [6, 6.07) is 11.9. The molecule has 3 aromatic rings. The topological polar surface area (TPSA) is 37.4 Å². The first-order valence-corrected chi connectivity index (χ1v) is 10.5. The summed E-state index contributed by atoms with van der Waals surface area (Å²) < 4.78 is 5.44. The van der Waals surface area contributed by atoms with Crippen molar-refractivity contribution in [1.82, 2.24) is 9.88 Å². The maximum Gasteiger partial charge on any atom is 0.119 e. The fourth-order valence-corrected chi connectivity index (χ4v) is 4.39. The van der Waals surface area contributed by atoms with Crippen molar-refractivity contribution in [1.29, 1.82) is 0 Å². The molecule has 2 heterocycles. The molecule has 1 saturated heterocycles. The Hall–Kier alpha value is -2.04. The summed E-state index contributed by atoms with van der Waals surface area (Å²) in [6.45, 7) is 6.91. The summed E-state index contributed by atoms with van der Waals surface area (Å²) in [6.07, 6.45) is 3.82. The molecule has 0 radical (unpaired) electrons. The van der Waals surface area contributed by atoms with Crippen molar-refractivity contribution in [2.75, 3.05) is 38.6 Å². The molecule has 148 valence electrons. The van der Waals surface area contributed by atoms with Crippen molar-refractivity contribution < 1.29 is 4.74 Å². The predicted octanol–water partition coefficient (Wildman–Crippen LogP) is 5.58. The lowest BCUT2D eigenvalue weighted by Gasteiger charge is -2.30. The molecule has 28 heavy (non-hydrogen) atoms. The van der Waals surface area contributed by atoms with E-state index < -0.39 is 0 Å². The SMILES string of the molecule is COc1ccc2nc3cc(Cl)ccc3c(NCCCN3CCCC(C)C3)c2c1. The summed E-state index contributed by atoms with van der Waals surface area (Å²) in [7, 11) is 1.70. The lowest BCUT2D eigenvalue weighted by atomic mass is 10.0. The molecule has 1 atom stereocenters. The lowest BCUT2D eigenvalue weighted by Crippen LogP contribution is -2.35. The van der Waals surface area contributed by atoms with Gasteiger partial charge in [0.2, 0.25) is 0 Å². The fraction of sp³-hybridized carbons (Fsp3) is 0.435. The standard InChI is InChI=1S/C23H28ClN3O/c1-16-5-3-11-27(15-16)12-4-10-25-23-19-8-6-17(24)13-22(19)26-21-9-7-18(28-2)14-20(21)23/h6-9,13-14,16H,3-5,10-12,15H2,1-2H3,(H,25,26). The molecule has 1 N–H and O–H groups in total. The Balaban J connectivity index is 1.57. The number of benzene rings is 2. The Morgan fingerprint density at radius 2 is 2.07 bits per heavy atom. The van der Waals surface area contributed by atoms with Crippen molar-refractivity contribution >= 4 is 39.1 Å². The maximum absolute atomic E-state index is 6.21. The number of piperidine rings is 1. The number of anilines is 1. The molecule has 1 aliphatic heterocycles. The Bertz CT molecular complexity index is 975. The Morgan fingerprint density at radius 1 is 1.18 bits per heavy atom. The minimum atomic E-state index is 0.707. The van der Waals surface area contributed by atoms with Crippen molar-refractivity contribution in [2.45, 2.75) is 26.2 Å². The van der Waals surface area contributed by atoms with E-state index in [1.54, 1.807) is 7.11 Å². The average molecular weight is 398 g/mol. The largest absolute Gasteiger partial charge is 0.497 e. The Labute approximate surface area is 171 Å². The van der Waals surface area contributed by atoms with Crippen molar-refractivity contribution in [3.05, 3.63) is 41.4 Å². The number of hydrogen-bond donors (Lipinski definition) is 1. The summed E-state index contributed by atoms with van der Waals surface area (Å²) in [5.74, 6) is 1.67. The Morgan fingerprint density at radius 3 is 2.89 bits per heavy atom. The highest BCUT2D eigenvalue weighted by molar-refractivity contribution is 6.31. The van der Waals surface area contributed by atoms with Gasteiger partial charge in [0.1, 0.15) is 5.75 Å². The average Bonchev–Trinajstić information content (AvgIpc) is 2.70. The van der Waals surface area contributed by atoms with E-state index in [1.165, 1.54) is 25.9 Å². The molecule has 1 fully saturated rings. The van der Waals surface area contributed by atoms with Gasteiger partial charge in [-0.3, -0.25) is 0 Å². The molecule has 0 bridgehead atoms. The number of halogens is 1. The molecule has 0 spiro atoms. The highest BCUT2D eigenvalue weighted by Crippen LogP contribution is 2.34.